The predicted molar refractivity (Wildman–Crippen MR) is 86.2 cm³/mol. The lowest BCUT2D eigenvalue weighted by molar-refractivity contribution is -0.0498. The Morgan fingerprint density at radius 1 is 1.00 bits per heavy atom. The molecule has 0 aliphatic carbocycles. The fourth-order valence-electron chi connectivity index (χ4n) is 2.05. The van der Waals surface area contributed by atoms with E-state index in [2.05, 4.69) is 15.4 Å². The van der Waals surface area contributed by atoms with Crippen molar-refractivity contribution < 1.29 is 13.5 Å². The van der Waals surface area contributed by atoms with E-state index in [1.165, 1.54) is 12.1 Å². The van der Waals surface area contributed by atoms with E-state index in [1.54, 1.807) is 19.2 Å². The maximum atomic E-state index is 12.2. The van der Waals surface area contributed by atoms with Gasteiger partial charge in [0.05, 0.1) is 6.04 Å². The van der Waals surface area contributed by atoms with E-state index < -0.39 is 6.61 Å². The van der Waals surface area contributed by atoms with Gasteiger partial charge in [-0.05, 0) is 35.5 Å². The third-order valence-corrected chi connectivity index (χ3v) is 3.40. The van der Waals surface area contributed by atoms with Crippen LogP contribution in [0.2, 0.25) is 0 Å². The number of hydrogen-bond acceptors (Lipinski definition) is 2. The maximum absolute atomic E-state index is 12.2. The van der Waals surface area contributed by atoms with Crippen molar-refractivity contribution in [1.82, 2.24) is 10.6 Å². The van der Waals surface area contributed by atoms with Gasteiger partial charge in [-0.1, -0.05) is 42.5 Å². The van der Waals surface area contributed by atoms with Gasteiger partial charge in [-0.25, -0.2) is 0 Å². The highest BCUT2D eigenvalue weighted by atomic mass is 32.1. The van der Waals surface area contributed by atoms with E-state index in [0.717, 1.165) is 11.1 Å². The zero-order chi connectivity index (χ0) is 15.9. The molecule has 2 aromatic carbocycles. The van der Waals surface area contributed by atoms with Crippen LogP contribution in [0.15, 0.2) is 54.6 Å². The van der Waals surface area contributed by atoms with Gasteiger partial charge in [0, 0.05) is 7.05 Å². The molecule has 0 amide bonds. The SMILES string of the molecule is CNC(=S)N[C@@H](c1ccccc1)c1ccc(OC(F)F)cc1. The highest BCUT2D eigenvalue weighted by molar-refractivity contribution is 7.80. The summed E-state index contributed by atoms with van der Waals surface area (Å²) >= 11 is 5.17. The number of hydrogen-bond donors (Lipinski definition) is 2. The summed E-state index contributed by atoms with van der Waals surface area (Å²) in [5.74, 6) is 0.127. The summed E-state index contributed by atoms with van der Waals surface area (Å²) < 4.78 is 28.8. The summed E-state index contributed by atoms with van der Waals surface area (Å²) in [4.78, 5) is 0. The van der Waals surface area contributed by atoms with Crippen molar-refractivity contribution in [3.05, 3.63) is 65.7 Å². The minimum Gasteiger partial charge on any atom is -0.435 e. The standard InChI is InChI=1S/C16H16F2N2OS/c1-19-16(22)20-14(11-5-3-2-4-6-11)12-7-9-13(10-8-12)21-15(17)18/h2-10,14-15H,1H3,(H2,19,20,22)/t14-/m0/s1. The van der Waals surface area contributed by atoms with Crippen LogP contribution < -0.4 is 15.4 Å². The van der Waals surface area contributed by atoms with E-state index in [4.69, 9.17) is 12.2 Å². The smallest absolute Gasteiger partial charge is 0.387 e. The van der Waals surface area contributed by atoms with Crippen LogP contribution in [-0.4, -0.2) is 18.8 Å². The highest BCUT2D eigenvalue weighted by Gasteiger charge is 2.15. The van der Waals surface area contributed by atoms with Crippen molar-refractivity contribution in [3.63, 3.8) is 0 Å². The molecule has 2 aromatic rings. The largest absolute Gasteiger partial charge is 0.435 e. The molecule has 0 aromatic heterocycles. The molecular weight excluding hydrogens is 306 g/mol. The highest BCUT2D eigenvalue weighted by Crippen LogP contribution is 2.24. The first-order chi connectivity index (χ1) is 10.6. The number of thiocarbonyl (C=S) groups is 1. The Morgan fingerprint density at radius 2 is 1.59 bits per heavy atom. The summed E-state index contributed by atoms with van der Waals surface area (Å²) in [6.45, 7) is -2.83. The average Bonchev–Trinajstić information content (AvgIpc) is 2.53. The van der Waals surface area contributed by atoms with Crippen LogP contribution >= 0.6 is 12.2 Å². The number of alkyl halides is 2. The third-order valence-electron chi connectivity index (χ3n) is 3.07. The topological polar surface area (TPSA) is 33.3 Å². The molecule has 2 rings (SSSR count). The van der Waals surface area contributed by atoms with E-state index in [9.17, 15) is 8.78 Å². The monoisotopic (exact) mass is 322 g/mol. The van der Waals surface area contributed by atoms with Crippen molar-refractivity contribution >= 4 is 17.3 Å². The van der Waals surface area contributed by atoms with Crippen LogP contribution in [0.3, 0.4) is 0 Å². The van der Waals surface area contributed by atoms with E-state index in [1.807, 2.05) is 30.3 Å². The molecule has 6 heteroatoms. The minimum absolute atomic E-state index is 0.127. The second kappa shape index (κ2) is 7.70. The van der Waals surface area contributed by atoms with Crippen molar-refractivity contribution in [2.45, 2.75) is 12.7 Å². The van der Waals surface area contributed by atoms with Gasteiger partial charge in [0.1, 0.15) is 5.75 Å². The number of rotatable bonds is 5. The Bertz CT molecular complexity index is 605. The van der Waals surface area contributed by atoms with Crippen molar-refractivity contribution in [2.24, 2.45) is 0 Å². The third kappa shape index (κ3) is 4.39. The van der Waals surface area contributed by atoms with Gasteiger partial charge in [0.25, 0.3) is 0 Å². The second-order valence-electron chi connectivity index (χ2n) is 4.51. The lowest BCUT2D eigenvalue weighted by Crippen LogP contribution is -2.36. The minimum atomic E-state index is -2.83. The predicted octanol–water partition coefficient (Wildman–Crippen LogP) is 3.47. The molecule has 22 heavy (non-hydrogen) atoms. The lowest BCUT2D eigenvalue weighted by Gasteiger charge is -2.21. The Morgan fingerprint density at radius 3 is 2.14 bits per heavy atom. The molecule has 1 atom stereocenters. The first kappa shape index (κ1) is 16.2. The van der Waals surface area contributed by atoms with Crippen molar-refractivity contribution in [1.29, 1.82) is 0 Å². The van der Waals surface area contributed by atoms with Gasteiger partial charge in [0.2, 0.25) is 0 Å². The lowest BCUT2D eigenvalue weighted by atomic mass is 9.99. The van der Waals surface area contributed by atoms with E-state index in [0.29, 0.717) is 5.11 Å². The molecule has 2 N–H and O–H groups in total. The van der Waals surface area contributed by atoms with E-state index >= 15 is 0 Å². The zero-order valence-electron chi connectivity index (χ0n) is 11.9. The summed E-state index contributed by atoms with van der Waals surface area (Å²) in [5, 5.41) is 6.56. The van der Waals surface area contributed by atoms with Gasteiger partial charge >= 0.3 is 6.61 Å². The van der Waals surface area contributed by atoms with Crippen LogP contribution in [0.1, 0.15) is 17.2 Å². The summed E-state index contributed by atoms with van der Waals surface area (Å²) in [6.07, 6.45) is 0. The number of benzene rings is 2. The van der Waals surface area contributed by atoms with Crippen LogP contribution in [0, 0.1) is 0 Å². The summed E-state index contributed by atoms with van der Waals surface area (Å²) in [7, 11) is 1.73. The first-order valence-electron chi connectivity index (χ1n) is 6.68. The maximum Gasteiger partial charge on any atom is 0.387 e. The quantitative estimate of drug-likeness (QED) is 0.826. The van der Waals surface area contributed by atoms with Gasteiger partial charge in [-0.15, -0.1) is 0 Å². The fourth-order valence-corrected chi connectivity index (χ4v) is 2.17. The van der Waals surface area contributed by atoms with Gasteiger partial charge < -0.3 is 15.4 Å². The molecule has 0 saturated carbocycles. The van der Waals surface area contributed by atoms with Crippen LogP contribution in [0.4, 0.5) is 8.78 Å². The molecular formula is C16H16F2N2OS. The van der Waals surface area contributed by atoms with Gasteiger partial charge in [-0.2, -0.15) is 8.78 Å². The molecule has 3 nitrogen and oxygen atoms in total. The fraction of sp³-hybridized carbons (Fsp3) is 0.188. The molecule has 0 fully saturated rings. The first-order valence-corrected chi connectivity index (χ1v) is 7.09. The van der Waals surface area contributed by atoms with Crippen LogP contribution in [0.5, 0.6) is 5.75 Å². The molecule has 0 bridgehead atoms. The summed E-state index contributed by atoms with van der Waals surface area (Å²) in [5.41, 5.74) is 1.91. The van der Waals surface area contributed by atoms with Crippen LogP contribution in [0.25, 0.3) is 0 Å². The second-order valence-corrected chi connectivity index (χ2v) is 4.92. The number of halogens is 2. The Hall–Kier alpha value is -2.21. The average molecular weight is 322 g/mol. The normalized spacial score (nSPS) is 11.8. The van der Waals surface area contributed by atoms with Crippen molar-refractivity contribution in [2.75, 3.05) is 7.05 Å². The van der Waals surface area contributed by atoms with Gasteiger partial charge in [-0.3, -0.25) is 0 Å². The van der Waals surface area contributed by atoms with Gasteiger partial charge in [0.15, 0.2) is 5.11 Å². The van der Waals surface area contributed by atoms with Crippen molar-refractivity contribution in [3.8, 4) is 5.75 Å². The molecule has 0 aliphatic heterocycles. The Kier molecular flexibility index (Phi) is 5.66. The molecule has 116 valence electrons. The zero-order valence-corrected chi connectivity index (χ0v) is 12.7. The number of ether oxygens (including phenoxy) is 1. The number of nitrogens with one attached hydrogen (secondary N) is 2. The molecule has 0 saturated heterocycles. The Labute approximate surface area is 133 Å². The molecule has 0 radical (unpaired) electrons. The van der Waals surface area contributed by atoms with Crippen LogP contribution in [-0.2, 0) is 0 Å². The molecule has 0 heterocycles. The Balaban J connectivity index is 2.26. The van der Waals surface area contributed by atoms with E-state index in [-0.39, 0.29) is 11.8 Å². The molecule has 0 unspecified atom stereocenters. The molecule has 0 spiro atoms. The summed E-state index contributed by atoms with van der Waals surface area (Å²) in [6, 6.07) is 16.1. The molecule has 0 aliphatic rings.